The third-order valence-electron chi connectivity index (χ3n) is 7.33. The molecule has 0 radical (unpaired) electrons. The molecule has 2 fully saturated rings. The summed E-state index contributed by atoms with van der Waals surface area (Å²) < 4.78 is 1.37. The molecule has 0 spiro atoms. The number of aliphatic hydroxyl groups is 1. The molecule has 3 amide bonds. The van der Waals surface area contributed by atoms with Crippen molar-refractivity contribution in [2.24, 2.45) is 17.1 Å². The number of piperazine rings is 1. The summed E-state index contributed by atoms with van der Waals surface area (Å²) >= 11 is 0. The van der Waals surface area contributed by atoms with E-state index in [9.17, 15) is 19.5 Å². The third-order valence-corrected chi connectivity index (χ3v) is 7.33. The van der Waals surface area contributed by atoms with Crippen molar-refractivity contribution in [1.29, 1.82) is 0 Å². The molecule has 11 nitrogen and oxygen atoms in total. The SMILES string of the molecule is C=C1/C=C2/C(=O)N(c3nccc(-n4cc(NC(=O)C5CC5)c(C(N)=O)n4)c3CO)CCN2CCC(C)(C)C1. The summed E-state index contributed by atoms with van der Waals surface area (Å²) in [5, 5.41) is 17.4. The summed E-state index contributed by atoms with van der Waals surface area (Å²) in [7, 11) is 0. The van der Waals surface area contributed by atoms with E-state index in [1.807, 2.05) is 6.08 Å². The van der Waals surface area contributed by atoms with E-state index in [0.717, 1.165) is 37.8 Å². The zero-order chi connectivity index (χ0) is 27.2. The van der Waals surface area contributed by atoms with Crippen molar-refractivity contribution in [3.05, 3.63) is 53.6 Å². The van der Waals surface area contributed by atoms with Crippen LogP contribution in [0, 0.1) is 11.3 Å². The van der Waals surface area contributed by atoms with Crippen LogP contribution >= 0.6 is 0 Å². The van der Waals surface area contributed by atoms with Crippen molar-refractivity contribution in [2.45, 2.75) is 46.1 Å². The number of primary amides is 1. The lowest BCUT2D eigenvalue weighted by Gasteiger charge is -2.41. The van der Waals surface area contributed by atoms with Gasteiger partial charge in [0.25, 0.3) is 11.8 Å². The van der Waals surface area contributed by atoms with Crippen LogP contribution in [-0.4, -0.2) is 62.1 Å². The highest BCUT2D eigenvalue weighted by atomic mass is 16.3. The van der Waals surface area contributed by atoms with Gasteiger partial charge in [-0.1, -0.05) is 26.0 Å². The van der Waals surface area contributed by atoms with E-state index < -0.39 is 12.5 Å². The Morgan fingerprint density at radius 1 is 1.26 bits per heavy atom. The molecule has 0 atom stereocenters. The van der Waals surface area contributed by atoms with Gasteiger partial charge in [-0.25, -0.2) is 9.67 Å². The number of nitrogens with two attached hydrogens (primary N) is 1. The Balaban J connectivity index is 1.50. The highest BCUT2D eigenvalue weighted by Gasteiger charge is 2.35. The molecule has 200 valence electrons. The normalized spacial score (nSPS) is 20.8. The number of anilines is 2. The molecule has 3 aliphatic rings. The zero-order valence-electron chi connectivity index (χ0n) is 21.7. The fourth-order valence-corrected chi connectivity index (χ4v) is 5.11. The second kappa shape index (κ2) is 9.71. The number of rotatable bonds is 6. The first-order valence-electron chi connectivity index (χ1n) is 12.8. The first-order chi connectivity index (χ1) is 18.1. The first-order valence-corrected chi connectivity index (χ1v) is 12.8. The molecule has 4 heterocycles. The second-order valence-corrected chi connectivity index (χ2v) is 11.0. The maximum absolute atomic E-state index is 13.7. The molecule has 2 aromatic heterocycles. The third kappa shape index (κ3) is 4.93. The monoisotopic (exact) mass is 519 g/mol. The first kappa shape index (κ1) is 25.7. The zero-order valence-corrected chi connectivity index (χ0v) is 21.7. The quantitative estimate of drug-likeness (QED) is 0.530. The number of pyridine rings is 1. The molecule has 11 heteroatoms. The molecule has 38 heavy (non-hydrogen) atoms. The van der Waals surface area contributed by atoms with Crippen LogP contribution in [0.2, 0.25) is 0 Å². The molecule has 1 aliphatic carbocycles. The number of allylic oxidation sites excluding steroid dienone is 2. The van der Waals surface area contributed by atoms with Crippen molar-refractivity contribution < 1.29 is 19.5 Å². The lowest BCUT2D eigenvalue weighted by Crippen LogP contribution is -2.50. The van der Waals surface area contributed by atoms with E-state index in [2.05, 4.69) is 40.7 Å². The Labute approximate surface area is 221 Å². The Bertz CT molecular complexity index is 1360. The van der Waals surface area contributed by atoms with E-state index in [0.29, 0.717) is 35.9 Å². The van der Waals surface area contributed by atoms with Crippen LogP contribution in [0.3, 0.4) is 0 Å². The fourth-order valence-electron chi connectivity index (χ4n) is 5.11. The summed E-state index contributed by atoms with van der Waals surface area (Å²) in [5.74, 6) is -0.962. The van der Waals surface area contributed by atoms with Gasteiger partial charge in [0, 0.05) is 37.3 Å². The highest BCUT2D eigenvalue weighted by molar-refractivity contribution is 6.06. The van der Waals surface area contributed by atoms with Gasteiger partial charge < -0.3 is 21.1 Å². The number of aromatic nitrogens is 3. The van der Waals surface area contributed by atoms with Crippen LogP contribution in [-0.2, 0) is 16.2 Å². The smallest absolute Gasteiger partial charge is 0.275 e. The number of fused-ring (bicyclic) bond motifs is 1. The molecular formula is C27H33N7O4. The Morgan fingerprint density at radius 2 is 2.03 bits per heavy atom. The average Bonchev–Trinajstić information content (AvgIpc) is 3.63. The summed E-state index contributed by atoms with van der Waals surface area (Å²) in [6, 6.07) is 1.62. The van der Waals surface area contributed by atoms with Gasteiger partial charge in [-0.05, 0) is 43.2 Å². The van der Waals surface area contributed by atoms with Gasteiger partial charge in [-0.2, -0.15) is 5.10 Å². The minimum atomic E-state index is -0.791. The predicted molar refractivity (Wildman–Crippen MR) is 141 cm³/mol. The van der Waals surface area contributed by atoms with Crippen LogP contribution in [0.25, 0.3) is 5.69 Å². The standard InChI is InChI=1S/C27H33N7O4/c1-16-12-21-26(38)33(11-10-32(21)9-7-27(2,3)13-16)24-18(15-35)20(6-8-29-24)34-14-19(22(31-34)23(28)36)30-25(37)17-4-5-17/h6,8,12,14,17,35H,1,4-5,7,9-11,13,15H2,2-3H3,(H2,28,36)(H,30,37)/b21-12-. The molecule has 5 rings (SSSR count). The van der Waals surface area contributed by atoms with Crippen LogP contribution in [0.4, 0.5) is 11.5 Å². The van der Waals surface area contributed by atoms with Gasteiger partial charge in [0.2, 0.25) is 5.91 Å². The summed E-state index contributed by atoms with van der Waals surface area (Å²) in [6.07, 6.45) is 8.21. The molecule has 4 N–H and O–H groups in total. The molecule has 2 aromatic rings. The Morgan fingerprint density at radius 3 is 2.71 bits per heavy atom. The number of nitrogens with zero attached hydrogens (tertiary/aromatic N) is 5. The van der Waals surface area contributed by atoms with Gasteiger partial charge >= 0.3 is 0 Å². The number of aliphatic hydroxyl groups excluding tert-OH is 1. The van der Waals surface area contributed by atoms with Gasteiger partial charge in [0.1, 0.15) is 11.5 Å². The molecule has 0 bridgehead atoms. The predicted octanol–water partition coefficient (Wildman–Crippen LogP) is 2.12. The number of amides is 3. The van der Waals surface area contributed by atoms with Gasteiger partial charge in [-0.3, -0.25) is 19.3 Å². The second-order valence-electron chi connectivity index (χ2n) is 11.0. The largest absolute Gasteiger partial charge is 0.391 e. The van der Waals surface area contributed by atoms with Crippen LogP contribution in [0.1, 0.15) is 55.6 Å². The van der Waals surface area contributed by atoms with E-state index in [-0.39, 0.29) is 34.5 Å². The van der Waals surface area contributed by atoms with E-state index in [1.54, 1.807) is 11.0 Å². The van der Waals surface area contributed by atoms with Gasteiger partial charge in [-0.15, -0.1) is 0 Å². The van der Waals surface area contributed by atoms with Crippen molar-refractivity contribution >= 4 is 29.2 Å². The summed E-state index contributed by atoms with van der Waals surface area (Å²) in [6.45, 7) is 9.93. The van der Waals surface area contributed by atoms with E-state index in [1.165, 1.54) is 17.1 Å². The number of hydrogen-bond donors (Lipinski definition) is 3. The van der Waals surface area contributed by atoms with Crippen molar-refractivity contribution in [1.82, 2.24) is 19.7 Å². The fraction of sp³-hybridized carbons (Fsp3) is 0.444. The van der Waals surface area contributed by atoms with Crippen molar-refractivity contribution in [3.63, 3.8) is 0 Å². The number of nitrogens with one attached hydrogen (secondary N) is 1. The molecule has 0 aromatic carbocycles. The van der Waals surface area contributed by atoms with Crippen molar-refractivity contribution in [2.75, 3.05) is 29.9 Å². The summed E-state index contributed by atoms with van der Waals surface area (Å²) in [4.78, 5) is 46.2. The highest BCUT2D eigenvalue weighted by Crippen LogP contribution is 2.36. The molecule has 1 saturated carbocycles. The molecule has 1 saturated heterocycles. The van der Waals surface area contributed by atoms with E-state index >= 15 is 0 Å². The number of carbonyl (C=O) groups is 3. The van der Waals surface area contributed by atoms with Gasteiger partial charge in [0.15, 0.2) is 5.69 Å². The van der Waals surface area contributed by atoms with Crippen molar-refractivity contribution in [3.8, 4) is 5.69 Å². The van der Waals surface area contributed by atoms with Crippen LogP contribution in [0.15, 0.2) is 42.4 Å². The minimum Gasteiger partial charge on any atom is -0.391 e. The van der Waals surface area contributed by atoms with Crippen LogP contribution in [0.5, 0.6) is 0 Å². The van der Waals surface area contributed by atoms with E-state index in [4.69, 9.17) is 5.73 Å². The molecular weight excluding hydrogens is 486 g/mol. The van der Waals surface area contributed by atoms with Gasteiger partial charge in [0.05, 0.1) is 24.2 Å². The average molecular weight is 520 g/mol. The minimum absolute atomic E-state index is 0.0750. The Hall–Kier alpha value is -3.99. The maximum atomic E-state index is 13.7. The van der Waals surface area contributed by atoms with Crippen LogP contribution < -0.4 is 16.0 Å². The summed E-state index contributed by atoms with van der Waals surface area (Å²) in [5.41, 5.74) is 7.97. The number of hydrogen-bond acceptors (Lipinski definition) is 7. The topological polar surface area (TPSA) is 147 Å². The lowest BCUT2D eigenvalue weighted by atomic mass is 9.81. The number of carbonyl (C=O) groups excluding carboxylic acids is 3. The molecule has 0 unspecified atom stereocenters. The maximum Gasteiger partial charge on any atom is 0.275 e. The Kier molecular flexibility index (Phi) is 6.56. The lowest BCUT2D eigenvalue weighted by molar-refractivity contribution is -0.118. The molecule has 2 aliphatic heterocycles.